The minimum atomic E-state index is 0.0593. The summed E-state index contributed by atoms with van der Waals surface area (Å²) in [4.78, 5) is 11.4. The number of halogens is 1. The predicted molar refractivity (Wildman–Crippen MR) is 54.8 cm³/mol. The fourth-order valence-corrected chi connectivity index (χ4v) is 1.33. The summed E-state index contributed by atoms with van der Waals surface area (Å²) in [6.45, 7) is 4.73. The van der Waals surface area contributed by atoms with E-state index in [1.54, 1.807) is 0 Å². The highest BCUT2D eigenvalue weighted by Crippen LogP contribution is 2.26. The molecular formula is C10H18ClNO. The van der Waals surface area contributed by atoms with Gasteiger partial charge in [-0.05, 0) is 18.8 Å². The summed E-state index contributed by atoms with van der Waals surface area (Å²) in [6.07, 6.45) is 3.31. The number of rotatable bonds is 4. The van der Waals surface area contributed by atoms with E-state index >= 15 is 0 Å². The fourth-order valence-electron chi connectivity index (χ4n) is 1.25. The lowest BCUT2D eigenvalue weighted by Crippen LogP contribution is -2.38. The van der Waals surface area contributed by atoms with Crippen LogP contribution in [0.2, 0.25) is 0 Å². The number of amides is 1. The Bertz CT molecular complexity index is 178. The molecule has 1 aliphatic carbocycles. The van der Waals surface area contributed by atoms with Crippen molar-refractivity contribution in [2.24, 2.45) is 11.8 Å². The van der Waals surface area contributed by atoms with Crippen molar-refractivity contribution in [2.45, 2.75) is 38.5 Å². The Morgan fingerprint density at radius 3 is 2.54 bits per heavy atom. The molecule has 0 aromatic carbocycles. The average Bonchev–Trinajstić information content (AvgIpc) is 1.96. The van der Waals surface area contributed by atoms with Crippen LogP contribution in [0, 0.1) is 11.8 Å². The third kappa shape index (κ3) is 3.18. The summed E-state index contributed by atoms with van der Waals surface area (Å²) in [6, 6.07) is 0. The molecule has 0 aromatic rings. The summed E-state index contributed by atoms with van der Waals surface area (Å²) in [7, 11) is 0. The molecule has 0 saturated heterocycles. The zero-order valence-corrected chi connectivity index (χ0v) is 9.10. The number of hydrogen-bond acceptors (Lipinski definition) is 1. The maximum Gasteiger partial charge on any atom is 0.223 e. The van der Waals surface area contributed by atoms with Gasteiger partial charge in [0.2, 0.25) is 5.91 Å². The molecule has 0 bridgehead atoms. The summed E-state index contributed by atoms with van der Waals surface area (Å²) < 4.78 is 0. The SMILES string of the molecule is CC(C)C(Cl)CNC(=O)C1CCC1. The third-order valence-corrected chi connectivity index (χ3v) is 3.33. The molecule has 1 fully saturated rings. The standard InChI is InChI=1S/C10H18ClNO/c1-7(2)9(11)6-12-10(13)8-4-3-5-8/h7-9H,3-6H2,1-2H3,(H,12,13). The van der Waals surface area contributed by atoms with Crippen LogP contribution < -0.4 is 5.32 Å². The van der Waals surface area contributed by atoms with Crippen molar-refractivity contribution >= 4 is 17.5 Å². The third-order valence-electron chi connectivity index (χ3n) is 2.67. The largest absolute Gasteiger partial charge is 0.354 e. The van der Waals surface area contributed by atoms with Gasteiger partial charge in [0.05, 0.1) is 5.38 Å². The Hall–Kier alpha value is -0.240. The lowest BCUT2D eigenvalue weighted by atomic mass is 9.85. The molecular weight excluding hydrogens is 186 g/mol. The first-order valence-electron chi connectivity index (χ1n) is 5.03. The summed E-state index contributed by atoms with van der Waals surface area (Å²) in [5.74, 6) is 0.886. The topological polar surface area (TPSA) is 29.1 Å². The molecule has 1 aliphatic rings. The monoisotopic (exact) mass is 203 g/mol. The molecule has 0 spiro atoms. The van der Waals surface area contributed by atoms with Gasteiger partial charge in [0.25, 0.3) is 0 Å². The molecule has 0 aromatic heterocycles. The zero-order valence-electron chi connectivity index (χ0n) is 8.35. The first kappa shape index (κ1) is 10.8. The van der Waals surface area contributed by atoms with Crippen molar-refractivity contribution in [3.05, 3.63) is 0 Å². The Morgan fingerprint density at radius 2 is 2.15 bits per heavy atom. The predicted octanol–water partition coefficient (Wildman–Crippen LogP) is 2.17. The highest BCUT2D eigenvalue weighted by Gasteiger charge is 2.25. The van der Waals surface area contributed by atoms with Gasteiger partial charge in [0, 0.05) is 12.5 Å². The van der Waals surface area contributed by atoms with Crippen LogP contribution in [0.25, 0.3) is 0 Å². The molecule has 3 heteroatoms. The van der Waals surface area contributed by atoms with Gasteiger partial charge >= 0.3 is 0 Å². The summed E-state index contributed by atoms with van der Waals surface area (Å²) in [5, 5.41) is 2.95. The molecule has 1 rings (SSSR count). The maximum absolute atomic E-state index is 11.4. The van der Waals surface area contributed by atoms with Crippen LogP contribution in [0.3, 0.4) is 0 Å². The van der Waals surface area contributed by atoms with Crippen molar-refractivity contribution in [2.75, 3.05) is 6.54 Å². The van der Waals surface area contributed by atoms with Crippen molar-refractivity contribution in [3.63, 3.8) is 0 Å². The molecule has 1 saturated carbocycles. The van der Waals surface area contributed by atoms with Crippen LogP contribution in [0.4, 0.5) is 0 Å². The smallest absolute Gasteiger partial charge is 0.223 e. The second kappa shape index (κ2) is 4.85. The molecule has 13 heavy (non-hydrogen) atoms. The Kier molecular flexibility index (Phi) is 4.04. The van der Waals surface area contributed by atoms with E-state index in [1.165, 1.54) is 6.42 Å². The minimum absolute atomic E-state index is 0.0593. The van der Waals surface area contributed by atoms with Gasteiger partial charge in [-0.1, -0.05) is 20.3 Å². The van der Waals surface area contributed by atoms with Crippen molar-refractivity contribution < 1.29 is 4.79 Å². The van der Waals surface area contributed by atoms with Gasteiger partial charge < -0.3 is 5.32 Å². The van der Waals surface area contributed by atoms with Crippen LogP contribution in [-0.4, -0.2) is 17.8 Å². The van der Waals surface area contributed by atoms with E-state index in [0.717, 1.165) is 12.8 Å². The Labute approximate surface area is 85.0 Å². The fraction of sp³-hybridized carbons (Fsp3) is 0.900. The second-order valence-electron chi connectivity index (χ2n) is 4.13. The molecule has 1 amide bonds. The van der Waals surface area contributed by atoms with Crippen LogP contribution >= 0.6 is 11.6 Å². The van der Waals surface area contributed by atoms with E-state index in [2.05, 4.69) is 19.2 Å². The van der Waals surface area contributed by atoms with E-state index in [0.29, 0.717) is 12.5 Å². The van der Waals surface area contributed by atoms with Crippen LogP contribution in [0.15, 0.2) is 0 Å². The van der Waals surface area contributed by atoms with Gasteiger partial charge in [-0.25, -0.2) is 0 Å². The quantitative estimate of drug-likeness (QED) is 0.698. The van der Waals surface area contributed by atoms with Gasteiger partial charge in [-0.15, -0.1) is 11.6 Å². The number of nitrogens with one attached hydrogen (secondary N) is 1. The maximum atomic E-state index is 11.4. The molecule has 1 N–H and O–H groups in total. The summed E-state index contributed by atoms with van der Waals surface area (Å²) >= 11 is 6.01. The van der Waals surface area contributed by atoms with E-state index < -0.39 is 0 Å². The van der Waals surface area contributed by atoms with E-state index in [9.17, 15) is 4.79 Å². The van der Waals surface area contributed by atoms with Crippen LogP contribution in [0.1, 0.15) is 33.1 Å². The lowest BCUT2D eigenvalue weighted by Gasteiger charge is -2.25. The molecule has 0 aliphatic heterocycles. The van der Waals surface area contributed by atoms with Crippen molar-refractivity contribution in [1.82, 2.24) is 5.32 Å². The normalized spacial score (nSPS) is 19.7. The summed E-state index contributed by atoms with van der Waals surface area (Å²) in [5.41, 5.74) is 0. The number of carbonyl (C=O) groups excluding carboxylic acids is 1. The van der Waals surface area contributed by atoms with Crippen molar-refractivity contribution in [1.29, 1.82) is 0 Å². The molecule has 1 unspecified atom stereocenters. The van der Waals surface area contributed by atoms with Crippen LogP contribution in [0.5, 0.6) is 0 Å². The van der Waals surface area contributed by atoms with E-state index in [-0.39, 0.29) is 17.2 Å². The molecule has 1 atom stereocenters. The highest BCUT2D eigenvalue weighted by atomic mass is 35.5. The van der Waals surface area contributed by atoms with Gasteiger partial charge in [-0.3, -0.25) is 4.79 Å². The molecule has 76 valence electrons. The first-order valence-corrected chi connectivity index (χ1v) is 5.46. The second-order valence-corrected chi connectivity index (χ2v) is 4.69. The Morgan fingerprint density at radius 1 is 1.54 bits per heavy atom. The highest BCUT2D eigenvalue weighted by molar-refractivity contribution is 6.21. The van der Waals surface area contributed by atoms with Gasteiger partial charge in [-0.2, -0.15) is 0 Å². The van der Waals surface area contributed by atoms with Crippen LogP contribution in [-0.2, 0) is 4.79 Å². The van der Waals surface area contributed by atoms with Gasteiger partial charge in [0.15, 0.2) is 0 Å². The Balaban J connectivity index is 2.14. The molecule has 0 radical (unpaired) electrons. The number of carbonyl (C=O) groups is 1. The number of hydrogen-bond donors (Lipinski definition) is 1. The van der Waals surface area contributed by atoms with Crippen molar-refractivity contribution in [3.8, 4) is 0 Å². The average molecular weight is 204 g/mol. The minimum Gasteiger partial charge on any atom is -0.354 e. The lowest BCUT2D eigenvalue weighted by molar-refractivity contribution is -0.127. The number of alkyl halides is 1. The van der Waals surface area contributed by atoms with Gasteiger partial charge in [0.1, 0.15) is 0 Å². The van der Waals surface area contributed by atoms with E-state index in [1.807, 2.05) is 0 Å². The first-order chi connectivity index (χ1) is 6.11. The van der Waals surface area contributed by atoms with E-state index in [4.69, 9.17) is 11.6 Å². The molecule has 2 nitrogen and oxygen atoms in total. The zero-order chi connectivity index (χ0) is 9.84. The molecule has 0 heterocycles.